The maximum absolute atomic E-state index is 8.90. The molecule has 1 unspecified atom stereocenters. The van der Waals surface area contributed by atoms with Gasteiger partial charge >= 0.3 is 0 Å². The Kier molecular flexibility index (Phi) is 2.27. The van der Waals surface area contributed by atoms with Crippen molar-refractivity contribution in [1.82, 2.24) is 4.98 Å². The summed E-state index contributed by atoms with van der Waals surface area (Å²) in [6.07, 6.45) is 1.07. The molecule has 0 aliphatic rings. The average molecular weight is 157 g/mol. The summed E-state index contributed by atoms with van der Waals surface area (Å²) >= 11 is 1.29. The van der Waals surface area contributed by atoms with E-state index in [4.69, 9.17) is 5.11 Å². The van der Waals surface area contributed by atoms with Crippen molar-refractivity contribution in [3.63, 3.8) is 0 Å². The summed E-state index contributed by atoms with van der Waals surface area (Å²) in [6.45, 7) is 4.22. The second kappa shape index (κ2) is 3.01. The minimum atomic E-state index is 0.176. The van der Waals surface area contributed by atoms with Gasteiger partial charge in [0.1, 0.15) is 0 Å². The standard InChI is InChI=1S/C7H11NOS/c1-3-5(2)6-4-10-7(9)8-6/h4-5H,3H2,1-2H3,(H,8,9). The van der Waals surface area contributed by atoms with E-state index in [2.05, 4.69) is 18.8 Å². The van der Waals surface area contributed by atoms with Crippen LogP contribution in [0.3, 0.4) is 0 Å². The van der Waals surface area contributed by atoms with E-state index >= 15 is 0 Å². The highest BCUT2D eigenvalue weighted by Crippen LogP contribution is 2.23. The van der Waals surface area contributed by atoms with Crippen molar-refractivity contribution >= 4 is 11.3 Å². The van der Waals surface area contributed by atoms with E-state index in [0.717, 1.165) is 12.1 Å². The molecule has 1 heterocycles. The lowest BCUT2D eigenvalue weighted by atomic mass is 10.1. The highest BCUT2D eigenvalue weighted by atomic mass is 32.1. The smallest absolute Gasteiger partial charge is 0.270 e. The minimum Gasteiger partial charge on any atom is -0.486 e. The summed E-state index contributed by atoms with van der Waals surface area (Å²) in [4.78, 5) is 3.96. The number of aromatic nitrogens is 1. The molecule has 0 fully saturated rings. The zero-order valence-electron chi connectivity index (χ0n) is 6.16. The Balaban J connectivity index is 2.74. The molecule has 0 radical (unpaired) electrons. The highest BCUT2D eigenvalue weighted by molar-refractivity contribution is 7.11. The summed E-state index contributed by atoms with van der Waals surface area (Å²) in [5.41, 5.74) is 1.00. The normalized spacial score (nSPS) is 13.4. The van der Waals surface area contributed by atoms with Crippen LogP contribution in [0.15, 0.2) is 5.38 Å². The van der Waals surface area contributed by atoms with Crippen molar-refractivity contribution in [2.75, 3.05) is 0 Å². The molecule has 1 rings (SSSR count). The maximum atomic E-state index is 8.90. The van der Waals surface area contributed by atoms with Gasteiger partial charge in [0.15, 0.2) is 0 Å². The molecule has 1 atom stereocenters. The molecule has 0 saturated heterocycles. The molecular formula is C7H11NOS. The van der Waals surface area contributed by atoms with Crippen molar-refractivity contribution < 1.29 is 5.11 Å². The number of rotatable bonds is 2. The van der Waals surface area contributed by atoms with E-state index in [1.54, 1.807) is 0 Å². The highest BCUT2D eigenvalue weighted by Gasteiger charge is 2.06. The number of hydrogen-bond acceptors (Lipinski definition) is 3. The van der Waals surface area contributed by atoms with Gasteiger partial charge in [-0.05, 0) is 12.3 Å². The molecule has 0 bridgehead atoms. The minimum absolute atomic E-state index is 0.176. The van der Waals surface area contributed by atoms with Gasteiger partial charge in [-0.1, -0.05) is 25.2 Å². The van der Waals surface area contributed by atoms with Crippen LogP contribution in [0.4, 0.5) is 0 Å². The van der Waals surface area contributed by atoms with E-state index in [1.807, 2.05) is 5.38 Å². The van der Waals surface area contributed by atoms with Crippen LogP contribution in [-0.4, -0.2) is 10.1 Å². The van der Waals surface area contributed by atoms with Gasteiger partial charge in [0.05, 0.1) is 5.69 Å². The summed E-state index contributed by atoms with van der Waals surface area (Å²) in [6, 6.07) is 0. The maximum Gasteiger partial charge on any atom is 0.270 e. The van der Waals surface area contributed by atoms with Gasteiger partial charge < -0.3 is 5.11 Å². The van der Waals surface area contributed by atoms with Crippen LogP contribution >= 0.6 is 11.3 Å². The molecule has 1 aromatic heterocycles. The zero-order chi connectivity index (χ0) is 7.56. The molecule has 56 valence electrons. The third kappa shape index (κ3) is 1.48. The largest absolute Gasteiger partial charge is 0.486 e. The fourth-order valence-electron chi connectivity index (χ4n) is 0.712. The molecule has 0 saturated carbocycles. The quantitative estimate of drug-likeness (QED) is 0.715. The van der Waals surface area contributed by atoms with Gasteiger partial charge in [-0.3, -0.25) is 0 Å². The number of thiazole rings is 1. The van der Waals surface area contributed by atoms with Crippen molar-refractivity contribution in [2.24, 2.45) is 0 Å². The van der Waals surface area contributed by atoms with E-state index in [1.165, 1.54) is 11.3 Å². The Hall–Kier alpha value is -0.570. The molecule has 0 amide bonds. The number of hydrogen-bond donors (Lipinski definition) is 1. The molecule has 2 nitrogen and oxygen atoms in total. The van der Waals surface area contributed by atoms with Crippen LogP contribution in [0.2, 0.25) is 0 Å². The van der Waals surface area contributed by atoms with E-state index in [9.17, 15) is 0 Å². The first-order valence-corrected chi connectivity index (χ1v) is 4.26. The molecule has 10 heavy (non-hydrogen) atoms. The molecular weight excluding hydrogens is 146 g/mol. The van der Waals surface area contributed by atoms with E-state index in [-0.39, 0.29) is 5.19 Å². The van der Waals surface area contributed by atoms with Crippen molar-refractivity contribution in [2.45, 2.75) is 26.2 Å². The molecule has 0 aromatic carbocycles. The first kappa shape index (κ1) is 7.54. The summed E-state index contributed by atoms with van der Waals surface area (Å²) < 4.78 is 0. The van der Waals surface area contributed by atoms with Gasteiger partial charge in [-0.15, -0.1) is 0 Å². The third-order valence-electron chi connectivity index (χ3n) is 1.63. The summed E-state index contributed by atoms with van der Waals surface area (Å²) in [7, 11) is 0. The summed E-state index contributed by atoms with van der Waals surface area (Å²) in [5.74, 6) is 0.470. The van der Waals surface area contributed by atoms with Crippen LogP contribution in [0, 0.1) is 0 Å². The molecule has 0 spiro atoms. The van der Waals surface area contributed by atoms with Crippen LogP contribution in [0.1, 0.15) is 31.9 Å². The SMILES string of the molecule is CCC(C)c1csc(O)n1. The van der Waals surface area contributed by atoms with Crippen LogP contribution in [0.25, 0.3) is 0 Å². The topological polar surface area (TPSA) is 33.1 Å². The van der Waals surface area contributed by atoms with Gasteiger partial charge in [-0.2, -0.15) is 0 Å². The molecule has 0 aliphatic carbocycles. The van der Waals surface area contributed by atoms with Gasteiger partial charge in [-0.25, -0.2) is 4.98 Å². The predicted octanol–water partition coefficient (Wildman–Crippen LogP) is 2.36. The Morgan fingerprint density at radius 1 is 1.80 bits per heavy atom. The lowest BCUT2D eigenvalue weighted by Gasteiger charge is -2.01. The van der Waals surface area contributed by atoms with E-state index < -0.39 is 0 Å². The van der Waals surface area contributed by atoms with Crippen molar-refractivity contribution in [1.29, 1.82) is 0 Å². The second-order valence-electron chi connectivity index (χ2n) is 2.36. The third-order valence-corrected chi connectivity index (χ3v) is 2.29. The van der Waals surface area contributed by atoms with Gasteiger partial charge in [0, 0.05) is 5.38 Å². The average Bonchev–Trinajstić information content (AvgIpc) is 2.34. The van der Waals surface area contributed by atoms with Crippen molar-refractivity contribution in [3.8, 4) is 5.19 Å². The van der Waals surface area contributed by atoms with Crippen molar-refractivity contribution in [3.05, 3.63) is 11.1 Å². The first-order valence-electron chi connectivity index (χ1n) is 3.38. The monoisotopic (exact) mass is 157 g/mol. The van der Waals surface area contributed by atoms with Crippen LogP contribution in [-0.2, 0) is 0 Å². The molecule has 0 aliphatic heterocycles. The Bertz CT molecular complexity index is 209. The molecule has 1 N–H and O–H groups in total. The molecule has 3 heteroatoms. The molecule has 1 aromatic rings. The Morgan fingerprint density at radius 3 is 2.90 bits per heavy atom. The lowest BCUT2D eigenvalue weighted by Crippen LogP contribution is -1.89. The second-order valence-corrected chi connectivity index (χ2v) is 3.20. The number of nitrogens with zero attached hydrogens (tertiary/aromatic N) is 1. The van der Waals surface area contributed by atoms with E-state index in [0.29, 0.717) is 5.92 Å². The predicted molar refractivity (Wildman–Crippen MR) is 42.5 cm³/mol. The Labute approximate surface area is 64.5 Å². The lowest BCUT2D eigenvalue weighted by molar-refractivity contribution is 0.467. The van der Waals surface area contributed by atoms with Crippen LogP contribution in [0.5, 0.6) is 5.19 Å². The number of aromatic hydroxyl groups is 1. The van der Waals surface area contributed by atoms with Gasteiger partial charge in [0.2, 0.25) is 0 Å². The first-order chi connectivity index (χ1) is 4.74. The fourth-order valence-corrected chi connectivity index (χ4v) is 1.38. The zero-order valence-corrected chi connectivity index (χ0v) is 6.98. The fraction of sp³-hybridized carbons (Fsp3) is 0.571. The Morgan fingerprint density at radius 2 is 2.50 bits per heavy atom. The van der Waals surface area contributed by atoms with Gasteiger partial charge in [0.25, 0.3) is 5.19 Å². The summed E-state index contributed by atoms with van der Waals surface area (Å²) in [5, 5.41) is 11.0. The van der Waals surface area contributed by atoms with Crippen LogP contribution < -0.4 is 0 Å².